The van der Waals surface area contributed by atoms with Crippen molar-refractivity contribution in [1.29, 1.82) is 0 Å². The van der Waals surface area contributed by atoms with E-state index >= 15 is 0 Å². The Morgan fingerprint density at radius 2 is 1.76 bits per heavy atom. The highest BCUT2D eigenvalue weighted by Gasteiger charge is 2.36. The van der Waals surface area contributed by atoms with Gasteiger partial charge in [0, 0.05) is 19.2 Å². The number of nitrogens with one attached hydrogen (secondary N) is 1. The number of hydrogen-bond acceptors (Lipinski definition) is 6. The molecule has 1 aromatic heterocycles. The van der Waals surface area contributed by atoms with Crippen LogP contribution in [-0.4, -0.2) is 48.1 Å². The number of carbonyl (C=O) groups is 1. The minimum absolute atomic E-state index is 0. The van der Waals surface area contributed by atoms with Crippen LogP contribution < -0.4 is 20.8 Å². The first kappa shape index (κ1) is 24.7. The van der Waals surface area contributed by atoms with Crippen molar-refractivity contribution in [2.75, 3.05) is 27.3 Å². The smallest absolute Gasteiger partial charge is 0.258 e. The quantitative estimate of drug-likeness (QED) is 0.637. The average Bonchev–Trinajstić information content (AvgIpc) is 2.72. The zero-order chi connectivity index (χ0) is 20.9. The average molecular weight is 427 g/mol. The lowest BCUT2D eigenvalue weighted by Crippen LogP contribution is -2.47. The standard InChI is InChI=1S/C20H30N4O4.ClH/c1-6-20(7-2,12-21)19(26)24(8-3)11-17-22-14-10-16(28-5)15(27-4)9-13(14)18(25)23-17;/h9-10H,6-8,11-12,21H2,1-5H3,(H,22,23,25);1H. The highest BCUT2D eigenvalue weighted by atomic mass is 35.5. The van der Waals surface area contributed by atoms with E-state index in [2.05, 4.69) is 9.97 Å². The molecule has 3 N–H and O–H groups in total. The highest BCUT2D eigenvalue weighted by molar-refractivity contribution is 5.85. The van der Waals surface area contributed by atoms with Crippen molar-refractivity contribution >= 4 is 29.2 Å². The van der Waals surface area contributed by atoms with Gasteiger partial charge in [0.2, 0.25) is 5.91 Å². The van der Waals surface area contributed by atoms with Gasteiger partial charge in [0.15, 0.2) is 11.5 Å². The van der Waals surface area contributed by atoms with E-state index in [0.717, 1.165) is 0 Å². The summed E-state index contributed by atoms with van der Waals surface area (Å²) in [6.45, 7) is 6.83. The maximum Gasteiger partial charge on any atom is 0.258 e. The molecule has 162 valence electrons. The van der Waals surface area contributed by atoms with Crippen LogP contribution in [0.5, 0.6) is 11.5 Å². The Morgan fingerprint density at radius 3 is 2.24 bits per heavy atom. The van der Waals surface area contributed by atoms with Gasteiger partial charge in [-0.15, -0.1) is 12.4 Å². The lowest BCUT2D eigenvalue weighted by Gasteiger charge is -2.34. The third-order valence-corrected chi connectivity index (χ3v) is 5.47. The SMILES string of the molecule is CCN(Cc1nc2cc(OC)c(OC)cc2c(=O)[nH]1)C(=O)C(CC)(CC)CN.Cl. The summed E-state index contributed by atoms with van der Waals surface area (Å²) in [4.78, 5) is 34.7. The van der Waals surface area contributed by atoms with Gasteiger partial charge >= 0.3 is 0 Å². The highest BCUT2D eigenvalue weighted by Crippen LogP contribution is 2.30. The van der Waals surface area contributed by atoms with Crippen molar-refractivity contribution < 1.29 is 14.3 Å². The molecule has 29 heavy (non-hydrogen) atoms. The van der Waals surface area contributed by atoms with Gasteiger partial charge in [-0.2, -0.15) is 0 Å². The number of ether oxygens (including phenoxy) is 2. The van der Waals surface area contributed by atoms with E-state index in [9.17, 15) is 9.59 Å². The number of hydrogen-bond donors (Lipinski definition) is 2. The van der Waals surface area contributed by atoms with Gasteiger partial charge in [-0.25, -0.2) is 4.98 Å². The fourth-order valence-electron chi connectivity index (χ4n) is 3.36. The molecule has 0 saturated heterocycles. The van der Waals surface area contributed by atoms with Crippen LogP contribution in [0, 0.1) is 5.41 Å². The number of halogens is 1. The largest absolute Gasteiger partial charge is 0.493 e. The van der Waals surface area contributed by atoms with Crippen LogP contribution in [-0.2, 0) is 11.3 Å². The first-order chi connectivity index (χ1) is 13.4. The molecule has 2 aromatic rings. The predicted molar refractivity (Wildman–Crippen MR) is 116 cm³/mol. The monoisotopic (exact) mass is 426 g/mol. The summed E-state index contributed by atoms with van der Waals surface area (Å²) in [5, 5.41) is 0.397. The fourth-order valence-corrected chi connectivity index (χ4v) is 3.36. The summed E-state index contributed by atoms with van der Waals surface area (Å²) < 4.78 is 10.5. The molecule has 0 aliphatic rings. The molecule has 9 heteroatoms. The van der Waals surface area contributed by atoms with Crippen LogP contribution in [0.4, 0.5) is 0 Å². The van der Waals surface area contributed by atoms with Crippen molar-refractivity contribution in [3.63, 3.8) is 0 Å². The second-order valence-electron chi connectivity index (χ2n) is 6.75. The summed E-state index contributed by atoms with van der Waals surface area (Å²) in [6, 6.07) is 3.26. The van der Waals surface area contributed by atoms with Crippen LogP contribution in [0.3, 0.4) is 0 Å². The summed E-state index contributed by atoms with van der Waals surface area (Å²) in [6.07, 6.45) is 1.32. The molecule has 1 aromatic carbocycles. The number of aromatic amines is 1. The van der Waals surface area contributed by atoms with E-state index in [-0.39, 0.29) is 37.0 Å². The van der Waals surface area contributed by atoms with Gasteiger partial charge in [-0.05, 0) is 25.8 Å². The molecular formula is C20H31ClN4O4. The minimum atomic E-state index is -0.594. The van der Waals surface area contributed by atoms with Gasteiger partial charge in [-0.1, -0.05) is 13.8 Å². The van der Waals surface area contributed by atoms with E-state index in [1.807, 2.05) is 20.8 Å². The Balaban J connectivity index is 0.00000420. The molecule has 0 saturated carbocycles. The van der Waals surface area contributed by atoms with Crippen molar-refractivity contribution in [3.8, 4) is 11.5 Å². The molecule has 0 atom stereocenters. The molecule has 1 heterocycles. The maximum absolute atomic E-state index is 13.1. The molecule has 1 amide bonds. The third kappa shape index (κ3) is 4.82. The molecule has 0 unspecified atom stereocenters. The second-order valence-corrected chi connectivity index (χ2v) is 6.75. The van der Waals surface area contributed by atoms with Crippen LogP contribution >= 0.6 is 12.4 Å². The Morgan fingerprint density at radius 1 is 1.17 bits per heavy atom. The molecule has 0 spiro atoms. The molecule has 0 radical (unpaired) electrons. The van der Waals surface area contributed by atoms with E-state index in [1.165, 1.54) is 14.2 Å². The number of nitrogens with zero attached hydrogens (tertiary/aromatic N) is 2. The Kier molecular flexibility index (Phi) is 8.91. The first-order valence-corrected chi connectivity index (χ1v) is 9.53. The van der Waals surface area contributed by atoms with Crippen LogP contribution in [0.25, 0.3) is 10.9 Å². The number of amides is 1. The van der Waals surface area contributed by atoms with E-state index in [1.54, 1.807) is 17.0 Å². The number of methoxy groups -OCH3 is 2. The molecular weight excluding hydrogens is 396 g/mol. The van der Waals surface area contributed by atoms with Crippen LogP contribution in [0.2, 0.25) is 0 Å². The fraction of sp³-hybridized carbons (Fsp3) is 0.550. The number of rotatable bonds is 9. The second kappa shape index (κ2) is 10.5. The zero-order valence-corrected chi connectivity index (χ0v) is 18.5. The molecule has 2 rings (SSSR count). The Hall–Kier alpha value is -2.32. The van der Waals surface area contributed by atoms with Crippen molar-refractivity contribution in [2.45, 2.75) is 40.2 Å². The lowest BCUT2D eigenvalue weighted by molar-refractivity contribution is -0.142. The number of benzene rings is 1. The van der Waals surface area contributed by atoms with Gasteiger partial charge in [0.25, 0.3) is 5.56 Å². The number of nitrogens with two attached hydrogens (primary N) is 1. The normalized spacial score (nSPS) is 11.1. The predicted octanol–water partition coefficient (Wildman–Crippen LogP) is 2.48. The molecule has 8 nitrogen and oxygen atoms in total. The molecule has 0 aliphatic carbocycles. The van der Waals surface area contributed by atoms with Gasteiger partial charge in [0.05, 0.1) is 37.1 Å². The van der Waals surface area contributed by atoms with Crippen molar-refractivity contribution in [1.82, 2.24) is 14.9 Å². The van der Waals surface area contributed by atoms with E-state index in [0.29, 0.717) is 47.6 Å². The van der Waals surface area contributed by atoms with Crippen LogP contribution in [0.1, 0.15) is 39.4 Å². The van der Waals surface area contributed by atoms with Crippen LogP contribution in [0.15, 0.2) is 16.9 Å². The maximum atomic E-state index is 13.1. The number of carbonyl (C=O) groups excluding carboxylic acids is 1. The summed E-state index contributed by atoms with van der Waals surface area (Å²) >= 11 is 0. The summed E-state index contributed by atoms with van der Waals surface area (Å²) in [5.41, 5.74) is 5.52. The van der Waals surface area contributed by atoms with Gasteiger partial charge in [0.1, 0.15) is 5.82 Å². The van der Waals surface area contributed by atoms with Gasteiger partial charge < -0.3 is 25.1 Å². The lowest BCUT2D eigenvalue weighted by atomic mass is 9.81. The molecule has 0 fully saturated rings. The Bertz CT molecular complexity index is 888. The van der Waals surface area contributed by atoms with E-state index < -0.39 is 5.41 Å². The Labute approximate surface area is 177 Å². The molecule has 0 aliphatic heterocycles. The topological polar surface area (TPSA) is 111 Å². The van der Waals surface area contributed by atoms with Gasteiger partial charge in [-0.3, -0.25) is 9.59 Å². The van der Waals surface area contributed by atoms with Crippen molar-refractivity contribution in [2.24, 2.45) is 11.1 Å². The number of fused-ring (bicyclic) bond motifs is 1. The summed E-state index contributed by atoms with van der Waals surface area (Å²) in [7, 11) is 3.03. The first-order valence-electron chi connectivity index (χ1n) is 9.53. The van der Waals surface area contributed by atoms with E-state index in [4.69, 9.17) is 15.2 Å². The third-order valence-electron chi connectivity index (χ3n) is 5.47. The summed E-state index contributed by atoms with van der Waals surface area (Å²) in [5.74, 6) is 1.34. The molecule has 0 bridgehead atoms. The number of aromatic nitrogens is 2. The number of H-pyrrole nitrogens is 1. The minimum Gasteiger partial charge on any atom is -0.493 e. The van der Waals surface area contributed by atoms with Crippen molar-refractivity contribution in [3.05, 3.63) is 28.3 Å². The zero-order valence-electron chi connectivity index (χ0n) is 17.7.